The molecule has 182 valence electrons. The summed E-state index contributed by atoms with van der Waals surface area (Å²) in [6, 6.07) is 20.3. The molecule has 2 saturated carbocycles. The molecule has 2 N–H and O–H groups in total. The Morgan fingerprint density at radius 3 is 2.55 bits per heavy atom. The number of rotatable bonds is 8. The summed E-state index contributed by atoms with van der Waals surface area (Å²) in [7, 11) is 0. The molecule has 5 rings (SSSR count). The van der Waals surface area contributed by atoms with Crippen LogP contribution in [0, 0.1) is 11.8 Å². The average Bonchev–Trinajstić information content (AvgIpc) is 3.61. The molecule has 0 unspecified atom stereocenters. The van der Waals surface area contributed by atoms with E-state index < -0.39 is 0 Å². The van der Waals surface area contributed by atoms with Crippen molar-refractivity contribution in [2.75, 3.05) is 19.6 Å². The van der Waals surface area contributed by atoms with E-state index in [-0.39, 0.29) is 30.2 Å². The molecule has 1 heterocycles. The van der Waals surface area contributed by atoms with Gasteiger partial charge in [0.15, 0.2) is 0 Å². The first-order valence-corrected chi connectivity index (χ1v) is 12.4. The summed E-state index contributed by atoms with van der Waals surface area (Å²) in [5, 5.41) is 14.2. The topological polar surface area (TPSA) is 35.5 Å². The number of piperidine rings is 1. The predicted molar refractivity (Wildman–Crippen MR) is 142 cm³/mol. The zero-order valence-electron chi connectivity index (χ0n) is 19.8. The first-order chi connectivity index (χ1) is 15.1. The molecule has 4 atom stereocenters. The number of likely N-dealkylation sites (tertiary alicyclic amines) is 1. The van der Waals surface area contributed by atoms with Crippen molar-refractivity contribution in [3.8, 4) is 5.75 Å². The number of aromatic hydroxyl groups is 1. The third kappa shape index (κ3) is 6.06. The van der Waals surface area contributed by atoms with Gasteiger partial charge >= 0.3 is 0 Å². The summed E-state index contributed by atoms with van der Waals surface area (Å²) in [6.45, 7) is 6.00. The second-order valence-corrected chi connectivity index (χ2v) is 10.5. The second-order valence-electron chi connectivity index (χ2n) is 10.5. The molecule has 1 saturated heterocycles. The van der Waals surface area contributed by atoms with E-state index in [0.717, 1.165) is 5.92 Å². The van der Waals surface area contributed by atoms with Gasteiger partial charge in [0.05, 0.1) is 0 Å². The van der Waals surface area contributed by atoms with E-state index in [1.54, 1.807) is 0 Å². The van der Waals surface area contributed by atoms with Crippen LogP contribution in [0.1, 0.15) is 56.6 Å². The predicted octanol–water partition coefficient (Wildman–Crippen LogP) is 5.98. The Morgan fingerprint density at radius 2 is 1.82 bits per heavy atom. The van der Waals surface area contributed by atoms with Crippen molar-refractivity contribution < 1.29 is 5.11 Å². The van der Waals surface area contributed by atoms with Crippen LogP contribution in [0.25, 0.3) is 0 Å². The summed E-state index contributed by atoms with van der Waals surface area (Å²) >= 11 is 0. The van der Waals surface area contributed by atoms with Crippen LogP contribution in [0.5, 0.6) is 5.75 Å². The van der Waals surface area contributed by atoms with Crippen molar-refractivity contribution in [3.63, 3.8) is 0 Å². The Morgan fingerprint density at radius 1 is 1.03 bits per heavy atom. The molecule has 1 aliphatic heterocycles. The maximum atomic E-state index is 10.2. The highest BCUT2D eigenvalue weighted by molar-refractivity contribution is 5.85. The van der Waals surface area contributed by atoms with Gasteiger partial charge in [-0.25, -0.2) is 0 Å². The highest BCUT2D eigenvalue weighted by Crippen LogP contribution is 2.50. The maximum Gasteiger partial charge on any atom is 0.115 e. The Kier molecular flexibility index (Phi) is 9.14. The van der Waals surface area contributed by atoms with Crippen LogP contribution in [0.2, 0.25) is 0 Å². The number of phenolic OH excluding ortho intramolecular Hbond substituents is 1. The summed E-state index contributed by atoms with van der Waals surface area (Å²) in [5.74, 6) is 1.92. The van der Waals surface area contributed by atoms with Crippen LogP contribution in [0.15, 0.2) is 54.6 Å². The number of fused-ring (bicyclic) bond motifs is 2. The van der Waals surface area contributed by atoms with Crippen molar-refractivity contribution in [1.29, 1.82) is 0 Å². The normalized spacial score (nSPS) is 29.1. The smallest absolute Gasteiger partial charge is 0.115 e. The van der Waals surface area contributed by atoms with Gasteiger partial charge in [0.25, 0.3) is 0 Å². The first-order valence-electron chi connectivity index (χ1n) is 12.4. The molecule has 3 fully saturated rings. The molecule has 0 amide bonds. The minimum absolute atomic E-state index is 0. The molecular weight excluding hydrogens is 451 g/mol. The van der Waals surface area contributed by atoms with Crippen molar-refractivity contribution in [2.45, 2.75) is 69.4 Å². The fourth-order valence-corrected chi connectivity index (χ4v) is 6.35. The highest BCUT2D eigenvalue weighted by atomic mass is 35.5. The summed E-state index contributed by atoms with van der Waals surface area (Å²) < 4.78 is 0. The lowest BCUT2D eigenvalue weighted by Crippen LogP contribution is -2.61. The van der Waals surface area contributed by atoms with Gasteiger partial charge in [-0.05, 0) is 93.1 Å². The van der Waals surface area contributed by atoms with E-state index in [9.17, 15) is 5.11 Å². The molecule has 0 aromatic heterocycles. The third-order valence-corrected chi connectivity index (χ3v) is 8.30. The molecule has 33 heavy (non-hydrogen) atoms. The minimum Gasteiger partial charge on any atom is -0.508 e. The van der Waals surface area contributed by atoms with Crippen molar-refractivity contribution in [2.24, 2.45) is 11.8 Å². The average molecular weight is 492 g/mol. The number of nitrogens with zero attached hydrogens (tertiary/aromatic N) is 1. The van der Waals surface area contributed by atoms with Gasteiger partial charge in [0.2, 0.25) is 0 Å². The molecule has 2 aromatic rings. The number of phenols is 1. The standard InChI is InChI=1S/C28H38N2O.2ClH/c1-21-20-30(14-6-9-22-7-3-2-4-8-22)26-16-25(29-19-23-12-13-23)17-28(21,18-26)24-10-5-11-27(31)15-24;;/h2-5,7-8,10-11,15,21,23,25-26,29,31H,6,9,12-14,16-20H2,1H3;2*1H/t21-,25+,26+,28+;;/m1../s1. The Bertz CT molecular complexity index is 875. The molecule has 3 nitrogen and oxygen atoms in total. The number of hydrogen-bond acceptors (Lipinski definition) is 3. The fraction of sp³-hybridized carbons (Fsp3) is 0.571. The van der Waals surface area contributed by atoms with Crippen LogP contribution >= 0.6 is 24.8 Å². The van der Waals surface area contributed by atoms with Gasteiger partial charge in [-0.1, -0.05) is 49.4 Å². The second kappa shape index (κ2) is 11.4. The van der Waals surface area contributed by atoms with Crippen LogP contribution in [0.4, 0.5) is 0 Å². The lowest BCUT2D eigenvalue weighted by Gasteiger charge is -2.57. The van der Waals surface area contributed by atoms with Gasteiger partial charge in [0, 0.05) is 24.0 Å². The highest BCUT2D eigenvalue weighted by Gasteiger charge is 2.50. The number of benzene rings is 2. The van der Waals surface area contributed by atoms with E-state index in [2.05, 4.69) is 53.5 Å². The molecule has 2 bridgehead atoms. The molecular formula is C28H40Cl2N2O. The van der Waals surface area contributed by atoms with E-state index in [4.69, 9.17) is 0 Å². The summed E-state index contributed by atoms with van der Waals surface area (Å²) in [5.41, 5.74) is 2.99. The quantitative estimate of drug-likeness (QED) is 0.477. The molecule has 3 aliphatic rings. The molecule has 0 radical (unpaired) electrons. The molecule has 2 aliphatic carbocycles. The molecule has 2 aromatic carbocycles. The van der Waals surface area contributed by atoms with Crippen LogP contribution < -0.4 is 5.32 Å². The van der Waals surface area contributed by atoms with Gasteiger partial charge in [-0.2, -0.15) is 0 Å². The molecule has 0 spiro atoms. The largest absolute Gasteiger partial charge is 0.508 e. The third-order valence-electron chi connectivity index (χ3n) is 8.30. The fourth-order valence-electron chi connectivity index (χ4n) is 6.35. The Balaban J connectivity index is 0.00000153. The number of nitrogens with one attached hydrogen (secondary N) is 1. The number of halogens is 2. The van der Waals surface area contributed by atoms with Crippen molar-refractivity contribution in [3.05, 3.63) is 65.7 Å². The molecule has 5 heteroatoms. The lowest BCUT2D eigenvalue weighted by atomic mass is 9.57. The maximum absolute atomic E-state index is 10.2. The monoisotopic (exact) mass is 490 g/mol. The van der Waals surface area contributed by atoms with Crippen LogP contribution in [-0.4, -0.2) is 41.7 Å². The van der Waals surface area contributed by atoms with E-state index in [0.29, 0.717) is 23.8 Å². The van der Waals surface area contributed by atoms with Gasteiger partial charge in [-0.3, -0.25) is 4.90 Å². The van der Waals surface area contributed by atoms with E-state index >= 15 is 0 Å². The van der Waals surface area contributed by atoms with Crippen LogP contribution in [-0.2, 0) is 11.8 Å². The summed E-state index contributed by atoms with van der Waals surface area (Å²) in [6.07, 6.45) is 8.91. The summed E-state index contributed by atoms with van der Waals surface area (Å²) in [4.78, 5) is 2.79. The zero-order valence-corrected chi connectivity index (χ0v) is 21.4. The van der Waals surface area contributed by atoms with Crippen molar-refractivity contribution in [1.82, 2.24) is 10.2 Å². The lowest BCUT2D eigenvalue weighted by molar-refractivity contribution is -0.00395. The SMILES string of the molecule is C[C@@H]1CN(CCCc2ccccc2)[C@H]2C[C@H](NCC3CC3)C[C@]1(c1cccc(O)c1)C2.Cl.Cl. The van der Waals surface area contributed by atoms with Gasteiger partial charge in [0.1, 0.15) is 5.75 Å². The minimum atomic E-state index is 0. The Labute approximate surface area is 212 Å². The van der Waals surface area contributed by atoms with E-state index in [1.807, 2.05) is 18.2 Å². The Hall–Kier alpha value is -1.26. The van der Waals surface area contributed by atoms with Gasteiger partial charge < -0.3 is 10.4 Å². The first kappa shape index (κ1) is 26.3. The van der Waals surface area contributed by atoms with Crippen molar-refractivity contribution >= 4 is 24.8 Å². The van der Waals surface area contributed by atoms with Gasteiger partial charge in [-0.15, -0.1) is 24.8 Å². The van der Waals surface area contributed by atoms with E-state index in [1.165, 1.54) is 75.7 Å². The number of hydrogen-bond donors (Lipinski definition) is 2. The van der Waals surface area contributed by atoms with Crippen LogP contribution in [0.3, 0.4) is 0 Å². The number of aryl methyl sites for hydroxylation is 1. The zero-order chi connectivity index (χ0) is 21.3.